The average Bonchev–Trinajstić information content (AvgIpc) is 2.91. The van der Waals surface area contributed by atoms with Crippen molar-refractivity contribution in [1.82, 2.24) is 10.3 Å². The maximum Gasteiger partial charge on any atom is 0.319 e. The highest BCUT2D eigenvalue weighted by Gasteiger charge is 2.27. The van der Waals surface area contributed by atoms with Gasteiger partial charge in [0, 0.05) is 24.5 Å². The smallest absolute Gasteiger partial charge is 0.319 e. The highest BCUT2D eigenvalue weighted by molar-refractivity contribution is 5.95. The number of nitrogens with zero attached hydrogens (tertiary/aromatic N) is 1. The maximum absolute atomic E-state index is 13.0. The Morgan fingerprint density at radius 3 is 2.47 bits per heavy atom. The molecule has 0 spiro atoms. The van der Waals surface area contributed by atoms with Crippen molar-refractivity contribution in [3.8, 4) is 28.7 Å². The number of nitrogens with one attached hydrogen (secondary N) is 2. The topological polar surface area (TPSA) is 90.9 Å². The van der Waals surface area contributed by atoms with Gasteiger partial charge in [0.15, 0.2) is 11.5 Å². The second kappa shape index (κ2) is 10.5. The number of rotatable bonds is 7. The minimum Gasteiger partial charge on any atom is -0.486 e. The first kappa shape index (κ1) is 23.8. The van der Waals surface area contributed by atoms with E-state index in [0.29, 0.717) is 58.6 Å². The lowest BCUT2D eigenvalue weighted by molar-refractivity contribution is 0.106. The van der Waals surface area contributed by atoms with Crippen LogP contribution in [0.1, 0.15) is 24.8 Å². The van der Waals surface area contributed by atoms with Crippen LogP contribution in [-0.4, -0.2) is 30.3 Å². The monoisotopic (exact) mass is 515 g/mol. The third-order valence-corrected chi connectivity index (χ3v) is 6.50. The van der Waals surface area contributed by atoms with Gasteiger partial charge in [0.1, 0.15) is 30.5 Å². The second-order valence-corrected chi connectivity index (χ2v) is 9.16. The van der Waals surface area contributed by atoms with Crippen LogP contribution in [0.5, 0.6) is 28.7 Å². The van der Waals surface area contributed by atoms with Crippen molar-refractivity contribution in [2.75, 3.05) is 18.5 Å². The van der Waals surface area contributed by atoms with Gasteiger partial charge in [0.05, 0.1) is 17.0 Å². The molecule has 4 aromatic rings. The number of benzene rings is 3. The van der Waals surface area contributed by atoms with Crippen LogP contribution in [0.4, 0.5) is 14.9 Å². The molecule has 1 aliphatic heterocycles. The van der Waals surface area contributed by atoms with Crippen molar-refractivity contribution >= 4 is 22.6 Å². The molecule has 0 unspecified atom stereocenters. The number of hydrogen-bond donors (Lipinski definition) is 2. The number of hydrogen-bond acceptors (Lipinski definition) is 6. The summed E-state index contributed by atoms with van der Waals surface area (Å²) in [7, 11) is 0. The Kier molecular flexibility index (Phi) is 6.56. The fourth-order valence-corrected chi connectivity index (χ4v) is 4.31. The summed E-state index contributed by atoms with van der Waals surface area (Å²) in [6, 6.07) is 16.3. The summed E-state index contributed by atoms with van der Waals surface area (Å²) >= 11 is 0. The number of anilines is 1. The van der Waals surface area contributed by atoms with Crippen molar-refractivity contribution in [3.63, 3.8) is 0 Å². The van der Waals surface area contributed by atoms with Gasteiger partial charge in [-0.05, 0) is 67.3 Å². The quantitative estimate of drug-likeness (QED) is 0.305. The van der Waals surface area contributed by atoms with Crippen LogP contribution < -0.4 is 29.6 Å². The van der Waals surface area contributed by atoms with Gasteiger partial charge in [0.2, 0.25) is 5.75 Å². The predicted molar refractivity (Wildman–Crippen MR) is 140 cm³/mol. The third-order valence-electron chi connectivity index (χ3n) is 6.50. The van der Waals surface area contributed by atoms with Crippen LogP contribution >= 0.6 is 0 Å². The average molecular weight is 516 g/mol. The number of pyridine rings is 1. The van der Waals surface area contributed by atoms with E-state index < -0.39 is 0 Å². The van der Waals surface area contributed by atoms with Crippen LogP contribution in [0.25, 0.3) is 10.9 Å². The summed E-state index contributed by atoms with van der Waals surface area (Å²) in [5, 5.41) is 6.24. The van der Waals surface area contributed by atoms with Gasteiger partial charge >= 0.3 is 6.03 Å². The minimum absolute atomic E-state index is 0.193. The zero-order chi connectivity index (χ0) is 25.9. The van der Waals surface area contributed by atoms with Gasteiger partial charge in [-0.25, -0.2) is 9.18 Å². The Labute approximate surface area is 218 Å². The molecule has 1 aromatic heterocycles. The van der Waals surface area contributed by atoms with Crippen LogP contribution in [0.2, 0.25) is 0 Å². The van der Waals surface area contributed by atoms with Gasteiger partial charge in [-0.1, -0.05) is 12.1 Å². The van der Waals surface area contributed by atoms with Crippen LogP contribution in [0.3, 0.4) is 0 Å². The normalized spacial score (nSPS) is 14.4. The minimum atomic E-state index is -0.369. The standard InChI is InChI=1S/C29H26FN3O5/c30-19-6-4-18(5-7-19)17-32-29(34)33-20-8-10-22(11-9-20)37-24-12-13-31-23-16-25(38-21-2-1-3-21)27-28(26(23)24)36-15-14-35-27/h4-13,16,21H,1-3,14-15,17H2,(H2,32,33,34). The van der Waals surface area contributed by atoms with Crippen molar-refractivity contribution in [2.24, 2.45) is 0 Å². The van der Waals surface area contributed by atoms with Gasteiger partial charge in [-0.3, -0.25) is 4.98 Å². The fraction of sp³-hybridized carbons (Fsp3) is 0.241. The Hall–Kier alpha value is -4.53. The fourth-order valence-electron chi connectivity index (χ4n) is 4.31. The molecule has 2 amide bonds. The van der Waals surface area contributed by atoms with Gasteiger partial charge in [-0.2, -0.15) is 0 Å². The summed E-state index contributed by atoms with van der Waals surface area (Å²) in [5.41, 5.74) is 2.09. The van der Waals surface area contributed by atoms with E-state index in [0.717, 1.165) is 18.4 Å². The first-order valence-electron chi connectivity index (χ1n) is 12.6. The first-order valence-corrected chi connectivity index (χ1v) is 12.6. The molecule has 2 N–H and O–H groups in total. The van der Waals surface area contributed by atoms with E-state index in [1.807, 2.05) is 6.07 Å². The van der Waals surface area contributed by atoms with Gasteiger partial charge < -0.3 is 29.6 Å². The molecule has 0 bridgehead atoms. The molecule has 2 aliphatic rings. The molecule has 0 radical (unpaired) electrons. The molecule has 1 aliphatic carbocycles. The molecule has 38 heavy (non-hydrogen) atoms. The van der Waals surface area contributed by atoms with Crippen LogP contribution in [0.15, 0.2) is 66.9 Å². The molecular formula is C29H26FN3O5. The summed E-state index contributed by atoms with van der Waals surface area (Å²) < 4.78 is 37.4. The lowest BCUT2D eigenvalue weighted by Gasteiger charge is -2.29. The van der Waals surface area contributed by atoms with E-state index in [-0.39, 0.29) is 24.5 Å². The van der Waals surface area contributed by atoms with Crippen molar-refractivity contribution in [3.05, 3.63) is 78.2 Å². The Morgan fingerprint density at radius 2 is 1.74 bits per heavy atom. The Bertz CT molecular complexity index is 1460. The number of amides is 2. The number of urea groups is 1. The number of carbonyl (C=O) groups excluding carboxylic acids is 1. The van der Waals surface area contributed by atoms with Crippen LogP contribution in [0, 0.1) is 5.82 Å². The molecule has 8 nitrogen and oxygen atoms in total. The maximum atomic E-state index is 13.0. The molecule has 0 saturated heterocycles. The number of aromatic nitrogens is 1. The molecule has 6 rings (SSSR count). The van der Waals surface area contributed by atoms with E-state index in [4.69, 9.17) is 18.9 Å². The van der Waals surface area contributed by atoms with E-state index in [2.05, 4.69) is 15.6 Å². The molecule has 3 aromatic carbocycles. The second-order valence-electron chi connectivity index (χ2n) is 9.16. The van der Waals surface area contributed by atoms with Gasteiger partial charge in [0.25, 0.3) is 0 Å². The van der Waals surface area contributed by atoms with Crippen LogP contribution in [-0.2, 0) is 6.54 Å². The number of carbonyl (C=O) groups is 1. The number of fused-ring (bicyclic) bond motifs is 3. The summed E-state index contributed by atoms with van der Waals surface area (Å²) in [6.07, 6.45) is 5.11. The molecule has 0 atom stereocenters. The predicted octanol–water partition coefficient (Wildman–Crippen LogP) is 6.19. The summed E-state index contributed by atoms with van der Waals surface area (Å²) in [5.74, 6) is 2.64. The third kappa shape index (κ3) is 5.13. The highest BCUT2D eigenvalue weighted by Crippen LogP contribution is 2.49. The lowest BCUT2D eigenvalue weighted by Crippen LogP contribution is -2.28. The summed E-state index contributed by atoms with van der Waals surface area (Å²) in [6.45, 7) is 1.15. The van der Waals surface area contributed by atoms with E-state index in [1.54, 1.807) is 48.7 Å². The molecule has 1 fully saturated rings. The van der Waals surface area contributed by atoms with E-state index in [9.17, 15) is 9.18 Å². The summed E-state index contributed by atoms with van der Waals surface area (Å²) in [4.78, 5) is 16.8. The zero-order valence-corrected chi connectivity index (χ0v) is 20.5. The van der Waals surface area contributed by atoms with Gasteiger partial charge in [-0.15, -0.1) is 0 Å². The van der Waals surface area contributed by atoms with Crippen molar-refractivity contribution in [1.29, 1.82) is 0 Å². The zero-order valence-electron chi connectivity index (χ0n) is 20.5. The molecule has 9 heteroatoms. The Morgan fingerprint density at radius 1 is 0.974 bits per heavy atom. The molecule has 194 valence electrons. The Balaban J connectivity index is 1.16. The number of ether oxygens (including phenoxy) is 4. The van der Waals surface area contributed by atoms with E-state index in [1.165, 1.54) is 18.6 Å². The molecule has 1 saturated carbocycles. The molecule has 2 heterocycles. The number of halogens is 1. The molecular weight excluding hydrogens is 489 g/mol. The highest BCUT2D eigenvalue weighted by atomic mass is 19.1. The largest absolute Gasteiger partial charge is 0.486 e. The van der Waals surface area contributed by atoms with E-state index >= 15 is 0 Å². The lowest BCUT2D eigenvalue weighted by atomic mass is 9.96. The van der Waals surface area contributed by atoms with Crippen molar-refractivity contribution < 1.29 is 28.1 Å². The van der Waals surface area contributed by atoms with Crippen molar-refractivity contribution in [2.45, 2.75) is 31.9 Å². The SMILES string of the molecule is O=C(NCc1ccc(F)cc1)Nc1ccc(Oc2ccnc3cc(OC4CCC4)c4c(c23)OCCO4)cc1. The first-order chi connectivity index (χ1) is 18.6.